The van der Waals surface area contributed by atoms with Crippen molar-refractivity contribution in [1.82, 2.24) is 0 Å². The second kappa shape index (κ2) is 5.66. The van der Waals surface area contributed by atoms with E-state index in [-0.39, 0.29) is 17.0 Å². The maximum Gasteiger partial charge on any atom is 0.238 e. The minimum absolute atomic E-state index is 0.0551. The lowest BCUT2D eigenvalue weighted by Crippen LogP contribution is -2.32. The minimum atomic E-state index is -3.72. The van der Waals surface area contributed by atoms with Gasteiger partial charge in [-0.05, 0) is 38.0 Å². The van der Waals surface area contributed by atoms with Crippen LogP contribution < -0.4 is 10.5 Å². The van der Waals surface area contributed by atoms with Gasteiger partial charge in [0.25, 0.3) is 0 Å². The summed E-state index contributed by atoms with van der Waals surface area (Å²) in [6.07, 6.45) is 1.90. The molecule has 1 aromatic carbocycles. The number of halogens is 1. The predicted molar refractivity (Wildman–Crippen MR) is 74.9 cm³/mol. The third-order valence-corrected chi connectivity index (χ3v) is 4.35. The van der Waals surface area contributed by atoms with Crippen molar-refractivity contribution >= 4 is 27.3 Å². The third kappa shape index (κ3) is 3.82. The number of hydrogen-bond acceptors (Lipinski definition) is 4. The maximum absolute atomic E-state index is 11.3. The lowest BCUT2D eigenvalue weighted by Gasteiger charge is -2.29. The zero-order valence-electron chi connectivity index (χ0n) is 10.6. The molecule has 1 heterocycles. The molecule has 19 heavy (non-hydrogen) atoms. The number of ether oxygens (including phenoxy) is 1. The van der Waals surface area contributed by atoms with Crippen molar-refractivity contribution in [3.05, 3.63) is 23.2 Å². The summed E-state index contributed by atoms with van der Waals surface area (Å²) in [6.45, 7) is 2.70. The second-order valence-corrected chi connectivity index (χ2v) is 6.70. The summed E-state index contributed by atoms with van der Waals surface area (Å²) in [7, 11) is -3.72. The SMILES string of the molecule is CC1CC(Nc2cc(S(N)(=O)=O)ccc2Cl)CCO1. The fraction of sp³-hybridized carbons (Fsp3) is 0.500. The van der Waals surface area contributed by atoms with Crippen molar-refractivity contribution in [2.75, 3.05) is 11.9 Å². The van der Waals surface area contributed by atoms with E-state index in [9.17, 15) is 8.42 Å². The van der Waals surface area contributed by atoms with Gasteiger partial charge in [0.2, 0.25) is 10.0 Å². The van der Waals surface area contributed by atoms with Gasteiger partial charge in [-0.25, -0.2) is 13.6 Å². The highest BCUT2D eigenvalue weighted by molar-refractivity contribution is 7.89. The topological polar surface area (TPSA) is 81.4 Å². The van der Waals surface area contributed by atoms with Crippen molar-refractivity contribution in [1.29, 1.82) is 0 Å². The Morgan fingerprint density at radius 2 is 2.21 bits per heavy atom. The first-order valence-electron chi connectivity index (χ1n) is 6.07. The largest absolute Gasteiger partial charge is 0.381 e. The van der Waals surface area contributed by atoms with Gasteiger partial charge in [0.15, 0.2) is 0 Å². The van der Waals surface area contributed by atoms with E-state index in [0.29, 0.717) is 17.3 Å². The summed E-state index contributed by atoms with van der Waals surface area (Å²) in [5.41, 5.74) is 0.590. The van der Waals surface area contributed by atoms with Crippen LogP contribution in [0.2, 0.25) is 5.02 Å². The molecule has 1 saturated heterocycles. The molecule has 0 radical (unpaired) electrons. The van der Waals surface area contributed by atoms with E-state index in [0.717, 1.165) is 12.8 Å². The van der Waals surface area contributed by atoms with Crippen LogP contribution in [0.25, 0.3) is 0 Å². The van der Waals surface area contributed by atoms with Crippen molar-refractivity contribution in [2.45, 2.75) is 36.8 Å². The number of hydrogen-bond donors (Lipinski definition) is 2. The molecule has 7 heteroatoms. The van der Waals surface area contributed by atoms with Crippen LogP contribution in [-0.4, -0.2) is 27.2 Å². The average Bonchev–Trinajstić information content (AvgIpc) is 2.30. The van der Waals surface area contributed by atoms with Crippen LogP contribution in [0.3, 0.4) is 0 Å². The molecule has 0 saturated carbocycles. The van der Waals surface area contributed by atoms with Crippen molar-refractivity contribution < 1.29 is 13.2 Å². The van der Waals surface area contributed by atoms with E-state index in [2.05, 4.69) is 5.32 Å². The molecule has 0 aromatic heterocycles. The van der Waals surface area contributed by atoms with E-state index >= 15 is 0 Å². The number of primary sulfonamides is 1. The molecule has 2 unspecified atom stereocenters. The van der Waals surface area contributed by atoms with Crippen LogP contribution in [0, 0.1) is 0 Å². The van der Waals surface area contributed by atoms with Crippen LogP contribution in [0.15, 0.2) is 23.1 Å². The summed E-state index contributed by atoms with van der Waals surface area (Å²) in [5.74, 6) is 0. The summed E-state index contributed by atoms with van der Waals surface area (Å²) in [5, 5.41) is 8.85. The van der Waals surface area contributed by atoms with Crippen LogP contribution in [0.1, 0.15) is 19.8 Å². The molecule has 5 nitrogen and oxygen atoms in total. The molecule has 3 N–H and O–H groups in total. The Bertz CT molecular complexity index is 562. The number of sulfonamides is 1. The zero-order chi connectivity index (χ0) is 14.0. The number of anilines is 1. The third-order valence-electron chi connectivity index (χ3n) is 3.11. The Hall–Kier alpha value is -0.820. The molecule has 0 bridgehead atoms. The highest BCUT2D eigenvalue weighted by atomic mass is 35.5. The van der Waals surface area contributed by atoms with Crippen LogP contribution in [0.4, 0.5) is 5.69 Å². The van der Waals surface area contributed by atoms with E-state index in [4.69, 9.17) is 21.5 Å². The van der Waals surface area contributed by atoms with E-state index in [1.165, 1.54) is 18.2 Å². The Balaban J connectivity index is 2.19. The lowest BCUT2D eigenvalue weighted by atomic mass is 10.0. The molecule has 2 rings (SSSR count). The number of nitrogens with one attached hydrogen (secondary N) is 1. The van der Waals surface area contributed by atoms with E-state index in [1.807, 2.05) is 6.92 Å². The summed E-state index contributed by atoms with van der Waals surface area (Å²) in [4.78, 5) is 0.0551. The molecule has 0 spiro atoms. The van der Waals surface area contributed by atoms with Crippen molar-refractivity contribution in [3.8, 4) is 0 Å². The first-order valence-corrected chi connectivity index (χ1v) is 7.99. The van der Waals surface area contributed by atoms with Crippen LogP contribution in [0.5, 0.6) is 0 Å². The number of nitrogens with two attached hydrogens (primary N) is 1. The lowest BCUT2D eigenvalue weighted by molar-refractivity contribution is 0.0232. The average molecular weight is 305 g/mol. The smallest absolute Gasteiger partial charge is 0.238 e. The highest BCUT2D eigenvalue weighted by Crippen LogP contribution is 2.27. The Morgan fingerprint density at radius 3 is 2.84 bits per heavy atom. The predicted octanol–water partition coefficient (Wildman–Crippen LogP) is 1.97. The summed E-state index contributed by atoms with van der Waals surface area (Å²) < 4.78 is 28.1. The van der Waals surface area contributed by atoms with Gasteiger partial charge in [0.05, 0.1) is 21.7 Å². The molecule has 1 fully saturated rings. The van der Waals surface area contributed by atoms with Crippen molar-refractivity contribution in [2.24, 2.45) is 5.14 Å². The van der Waals surface area contributed by atoms with Crippen LogP contribution >= 0.6 is 11.6 Å². The first-order chi connectivity index (χ1) is 8.86. The quantitative estimate of drug-likeness (QED) is 0.894. The maximum atomic E-state index is 11.3. The van der Waals surface area contributed by atoms with E-state index in [1.54, 1.807) is 0 Å². The molecule has 1 aliphatic rings. The Morgan fingerprint density at radius 1 is 1.47 bits per heavy atom. The summed E-state index contributed by atoms with van der Waals surface area (Å²) in [6, 6.07) is 4.62. The highest BCUT2D eigenvalue weighted by Gasteiger charge is 2.20. The fourth-order valence-corrected chi connectivity index (χ4v) is 2.85. The standard InChI is InChI=1S/C12H17ClN2O3S/c1-8-6-9(4-5-18-8)15-12-7-10(19(14,16)17)2-3-11(12)13/h2-3,7-9,15H,4-6H2,1H3,(H2,14,16,17). The molecule has 2 atom stereocenters. The van der Waals surface area contributed by atoms with Gasteiger partial charge < -0.3 is 10.1 Å². The Kier molecular flexibility index (Phi) is 4.35. The molecular weight excluding hydrogens is 288 g/mol. The van der Waals surface area contributed by atoms with Gasteiger partial charge >= 0.3 is 0 Å². The Labute approximate surface area is 118 Å². The number of rotatable bonds is 3. The summed E-state index contributed by atoms with van der Waals surface area (Å²) >= 11 is 6.07. The van der Waals surface area contributed by atoms with Gasteiger partial charge in [0, 0.05) is 12.6 Å². The zero-order valence-corrected chi connectivity index (χ0v) is 12.2. The van der Waals surface area contributed by atoms with E-state index < -0.39 is 10.0 Å². The van der Waals surface area contributed by atoms with Crippen molar-refractivity contribution in [3.63, 3.8) is 0 Å². The van der Waals surface area contributed by atoms with Crippen LogP contribution in [-0.2, 0) is 14.8 Å². The second-order valence-electron chi connectivity index (χ2n) is 4.73. The van der Waals surface area contributed by atoms with Gasteiger partial charge in [-0.2, -0.15) is 0 Å². The molecule has 0 aliphatic carbocycles. The van der Waals surface area contributed by atoms with Gasteiger partial charge in [-0.1, -0.05) is 11.6 Å². The molecule has 1 aliphatic heterocycles. The van der Waals surface area contributed by atoms with Gasteiger partial charge in [0.1, 0.15) is 0 Å². The van der Waals surface area contributed by atoms with Gasteiger partial charge in [-0.15, -0.1) is 0 Å². The molecular formula is C12H17ClN2O3S. The minimum Gasteiger partial charge on any atom is -0.381 e. The number of benzene rings is 1. The van der Waals surface area contributed by atoms with Gasteiger partial charge in [-0.3, -0.25) is 0 Å². The normalized spacial score (nSPS) is 24.2. The molecule has 0 amide bonds. The monoisotopic (exact) mass is 304 g/mol. The molecule has 106 valence electrons. The molecule has 1 aromatic rings. The fourth-order valence-electron chi connectivity index (χ4n) is 2.14. The first kappa shape index (κ1) is 14.6.